The quantitative estimate of drug-likeness (QED) is 0.697. The first-order chi connectivity index (χ1) is 13.3. The molecule has 4 nitrogen and oxygen atoms in total. The number of hydrazone groups is 1. The second kappa shape index (κ2) is 7.87. The van der Waals surface area contributed by atoms with E-state index in [0.29, 0.717) is 5.75 Å². The highest BCUT2D eigenvalue weighted by Crippen LogP contribution is 2.29. The van der Waals surface area contributed by atoms with E-state index in [0.717, 1.165) is 35.2 Å². The van der Waals surface area contributed by atoms with Crippen LogP contribution in [0.15, 0.2) is 84.0 Å². The van der Waals surface area contributed by atoms with Gasteiger partial charge >= 0.3 is 0 Å². The Kier molecular flexibility index (Phi) is 4.97. The van der Waals surface area contributed by atoms with Crippen LogP contribution in [0.25, 0.3) is 11.1 Å². The maximum atomic E-state index is 12.2. The van der Waals surface area contributed by atoms with Crippen molar-refractivity contribution < 1.29 is 9.53 Å². The van der Waals surface area contributed by atoms with Crippen molar-refractivity contribution in [2.45, 2.75) is 12.8 Å². The Morgan fingerprint density at radius 3 is 2.41 bits per heavy atom. The molecule has 1 aliphatic carbocycles. The highest BCUT2D eigenvalue weighted by Gasteiger charge is 2.17. The van der Waals surface area contributed by atoms with Crippen molar-refractivity contribution in [3.05, 3.63) is 90.0 Å². The van der Waals surface area contributed by atoms with E-state index in [1.54, 1.807) is 0 Å². The summed E-state index contributed by atoms with van der Waals surface area (Å²) in [5, 5.41) is 4.29. The maximum Gasteiger partial charge on any atom is 0.277 e. The first kappa shape index (κ1) is 17.0. The first-order valence-corrected chi connectivity index (χ1v) is 9.02. The summed E-state index contributed by atoms with van der Waals surface area (Å²) in [5.74, 6) is 0.410. The number of nitrogens with one attached hydrogen (secondary N) is 1. The third kappa shape index (κ3) is 3.90. The molecule has 1 aliphatic rings. The Bertz CT molecular complexity index is 980. The molecule has 0 unspecified atom stereocenters. The molecule has 0 saturated heterocycles. The van der Waals surface area contributed by atoms with Crippen LogP contribution in [0.3, 0.4) is 0 Å². The highest BCUT2D eigenvalue weighted by atomic mass is 16.5. The summed E-state index contributed by atoms with van der Waals surface area (Å²) in [4.78, 5) is 12.2. The Labute approximate surface area is 158 Å². The minimum Gasteiger partial charge on any atom is -0.483 e. The summed E-state index contributed by atoms with van der Waals surface area (Å²) < 4.78 is 5.76. The molecule has 0 aromatic heterocycles. The molecule has 3 aromatic carbocycles. The zero-order chi connectivity index (χ0) is 18.5. The monoisotopic (exact) mass is 356 g/mol. The largest absolute Gasteiger partial charge is 0.483 e. The van der Waals surface area contributed by atoms with Gasteiger partial charge in [-0.2, -0.15) is 5.10 Å². The Morgan fingerprint density at radius 2 is 1.56 bits per heavy atom. The average Bonchev–Trinajstić information content (AvgIpc) is 3.15. The van der Waals surface area contributed by atoms with E-state index in [-0.39, 0.29) is 12.5 Å². The van der Waals surface area contributed by atoms with E-state index < -0.39 is 0 Å². The van der Waals surface area contributed by atoms with Gasteiger partial charge in [-0.1, -0.05) is 72.8 Å². The van der Waals surface area contributed by atoms with E-state index in [1.165, 1.54) is 5.56 Å². The number of nitrogens with zero attached hydrogens (tertiary/aromatic N) is 1. The van der Waals surface area contributed by atoms with Crippen LogP contribution in [0.5, 0.6) is 5.75 Å². The molecule has 0 heterocycles. The Balaban J connectivity index is 1.40. The summed E-state index contributed by atoms with van der Waals surface area (Å²) in [6, 6.07) is 25.8. The lowest BCUT2D eigenvalue weighted by atomic mass is 10.1. The van der Waals surface area contributed by atoms with E-state index in [2.05, 4.69) is 16.6 Å². The summed E-state index contributed by atoms with van der Waals surface area (Å²) in [6.07, 6.45) is 1.81. The molecule has 0 radical (unpaired) electrons. The van der Waals surface area contributed by atoms with Crippen LogP contribution in [0.2, 0.25) is 0 Å². The fourth-order valence-electron chi connectivity index (χ4n) is 3.28. The molecule has 134 valence electrons. The van der Waals surface area contributed by atoms with Crippen molar-refractivity contribution in [3.8, 4) is 16.9 Å². The van der Waals surface area contributed by atoms with Gasteiger partial charge in [0.25, 0.3) is 5.91 Å². The van der Waals surface area contributed by atoms with Gasteiger partial charge < -0.3 is 4.74 Å². The Hall–Kier alpha value is -3.40. The fourth-order valence-corrected chi connectivity index (χ4v) is 3.28. The molecule has 0 bridgehead atoms. The number of para-hydroxylation sites is 1. The third-order valence-corrected chi connectivity index (χ3v) is 4.61. The molecule has 4 rings (SSSR count). The number of carbonyl (C=O) groups is 1. The second-order valence-corrected chi connectivity index (χ2v) is 6.40. The zero-order valence-electron chi connectivity index (χ0n) is 14.9. The SMILES string of the molecule is O=C(COc1ccccc1-c1ccccc1)N/N=C1\CCc2ccccc21. The molecular formula is C23H20N2O2. The van der Waals surface area contributed by atoms with E-state index in [4.69, 9.17) is 4.74 Å². The summed E-state index contributed by atoms with van der Waals surface area (Å²) >= 11 is 0. The molecule has 4 heteroatoms. The van der Waals surface area contributed by atoms with E-state index in [9.17, 15) is 4.79 Å². The van der Waals surface area contributed by atoms with E-state index >= 15 is 0 Å². The number of ether oxygens (including phenoxy) is 1. The number of fused-ring (bicyclic) bond motifs is 1. The van der Waals surface area contributed by atoms with Gasteiger partial charge in [-0.05, 0) is 30.0 Å². The van der Waals surface area contributed by atoms with Gasteiger partial charge in [-0.15, -0.1) is 0 Å². The normalized spacial score (nSPS) is 14.0. The molecule has 0 spiro atoms. The first-order valence-electron chi connectivity index (χ1n) is 9.02. The van der Waals surface area contributed by atoms with Gasteiger partial charge in [0.2, 0.25) is 0 Å². The molecule has 1 N–H and O–H groups in total. The standard InChI is InChI=1S/C23H20N2O2/c26-23(25-24-21-15-14-18-10-4-5-11-19(18)21)16-27-22-13-7-6-12-20(22)17-8-2-1-3-9-17/h1-13H,14-16H2,(H,25,26)/b24-21+. The predicted octanol–water partition coefficient (Wildman–Crippen LogP) is 4.20. The minimum absolute atomic E-state index is 0.0811. The minimum atomic E-state index is -0.269. The van der Waals surface area contributed by atoms with Gasteiger partial charge in [0, 0.05) is 11.1 Å². The van der Waals surface area contributed by atoms with E-state index in [1.807, 2.05) is 72.8 Å². The average molecular weight is 356 g/mol. The van der Waals surface area contributed by atoms with Crippen LogP contribution in [0, 0.1) is 0 Å². The van der Waals surface area contributed by atoms with Gasteiger partial charge in [-0.3, -0.25) is 4.79 Å². The molecule has 0 saturated carbocycles. The highest BCUT2D eigenvalue weighted by molar-refractivity contribution is 6.04. The molecule has 0 fully saturated rings. The van der Waals surface area contributed by atoms with Gasteiger partial charge in [0.15, 0.2) is 6.61 Å². The lowest BCUT2D eigenvalue weighted by Crippen LogP contribution is -2.25. The number of rotatable bonds is 5. The van der Waals surface area contributed by atoms with Crippen LogP contribution in [-0.4, -0.2) is 18.2 Å². The number of hydrogen-bond acceptors (Lipinski definition) is 3. The van der Waals surface area contributed by atoms with Gasteiger partial charge in [-0.25, -0.2) is 5.43 Å². The third-order valence-electron chi connectivity index (χ3n) is 4.61. The van der Waals surface area contributed by atoms with Crippen LogP contribution in [-0.2, 0) is 11.2 Å². The van der Waals surface area contributed by atoms with Crippen LogP contribution >= 0.6 is 0 Å². The molecule has 3 aromatic rings. The molecule has 0 aliphatic heterocycles. The lowest BCUT2D eigenvalue weighted by molar-refractivity contribution is -0.123. The Morgan fingerprint density at radius 1 is 0.852 bits per heavy atom. The molecule has 1 amide bonds. The van der Waals surface area contributed by atoms with Crippen molar-refractivity contribution in [2.75, 3.05) is 6.61 Å². The number of benzene rings is 3. The van der Waals surface area contributed by atoms with Crippen LogP contribution in [0.1, 0.15) is 17.5 Å². The van der Waals surface area contributed by atoms with Gasteiger partial charge in [0.05, 0.1) is 5.71 Å². The summed E-state index contributed by atoms with van der Waals surface area (Å²) in [5.41, 5.74) is 7.95. The summed E-state index contributed by atoms with van der Waals surface area (Å²) in [6.45, 7) is -0.0811. The number of aryl methyl sites for hydroxylation is 1. The molecule has 0 atom stereocenters. The van der Waals surface area contributed by atoms with Crippen LogP contribution < -0.4 is 10.2 Å². The number of carbonyl (C=O) groups excluding carboxylic acids is 1. The topological polar surface area (TPSA) is 50.7 Å². The number of hydrogen-bond donors (Lipinski definition) is 1. The van der Waals surface area contributed by atoms with Crippen molar-refractivity contribution in [3.63, 3.8) is 0 Å². The molecule has 27 heavy (non-hydrogen) atoms. The zero-order valence-corrected chi connectivity index (χ0v) is 14.9. The predicted molar refractivity (Wildman–Crippen MR) is 107 cm³/mol. The second-order valence-electron chi connectivity index (χ2n) is 6.40. The van der Waals surface area contributed by atoms with Crippen molar-refractivity contribution in [1.82, 2.24) is 5.43 Å². The number of amides is 1. The lowest BCUT2D eigenvalue weighted by Gasteiger charge is -2.11. The summed E-state index contributed by atoms with van der Waals surface area (Å²) in [7, 11) is 0. The fraction of sp³-hybridized carbons (Fsp3) is 0.130. The van der Waals surface area contributed by atoms with Crippen molar-refractivity contribution in [1.29, 1.82) is 0 Å². The van der Waals surface area contributed by atoms with Crippen molar-refractivity contribution >= 4 is 11.6 Å². The van der Waals surface area contributed by atoms with Crippen molar-refractivity contribution in [2.24, 2.45) is 5.10 Å². The molecular weight excluding hydrogens is 336 g/mol. The van der Waals surface area contributed by atoms with Gasteiger partial charge in [0.1, 0.15) is 5.75 Å². The smallest absolute Gasteiger partial charge is 0.277 e. The van der Waals surface area contributed by atoms with Crippen LogP contribution in [0.4, 0.5) is 0 Å². The maximum absolute atomic E-state index is 12.2.